The van der Waals surface area contributed by atoms with E-state index in [1.165, 1.54) is 0 Å². The molecule has 2 heterocycles. The fourth-order valence-corrected chi connectivity index (χ4v) is 5.46. The van der Waals surface area contributed by atoms with Gasteiger partial charge >= 0.3 is 11.9 Å². The maximum atomic E-state index is 12.7. The molecule has 2 aliphatic rings. The summed E-state index contributed by atoms with van der Waals surface area (Å²) in [6, 6.07) is 0. The van der Waals surface area contributed by atoms with Gasteiger partial charge in [0.2, 0.25) is 0 Å². The third-order valence-electron chi connectivity index (χ3n) is 8.63. The fourth-order valence-electron chi connectivity index (χ4n) is 5.46. The molecular weight excluding hydrogens is 684 g/mol. The third kappa shape index (κ3) is 16.8. The number of esters is 2. The number of carbonyl (C=O) groups is 2. The molecule has 11 atom stereocenters. The summed E-state index contributed by atoms with van der Waals surface area (Å²) in [5, 5.41) is 71.2. The van der Waals surface area contributed by atoms with Crippen molar-refractivity contribution in [2.45, 2.75) is 158 Å². The van der Waals surface area contributed by atoms with Crippen molar-refractivity contribution in [1.82, 2.24) is 0 Å². The molecule has 15 heteroatoms. The molecule has 11 unspecified atom stereocenters. The van der Waals surface area contributed by atoms with Crippen molar-refractivity contribution in [3.05, 3.63) is 36.5 Å². The quantitative estimate of drug-likeness (QED) is 0.0399. The summed E-state index contributed by atoms with van der Waals surface area (Å²) in [6.45, 7) is 2.18. The number of unbranched alkanes of at least 4 members (excludes halogenated alkanes) is 5. The highest BCUT2D eigenvalue weighted by Crippen LogP contribution is 2.26. The van der Waals surface area contributed by atoms with Crippen LogP contribution in [0.25, 0.3) is 0 Å². The first-order valence-electron chi connectivity index (χ1n) is 18.6. The van der Waals surface area contributed by atoms with E-state index in [1.54, 1.807) is 0 Å². The Kier molecular flexibility index (Phi) is 23.4. The summed E-state index contributed by atoms with van der Waals surface area (Å²) in [5.74, 6) is -0.996. The maximum Gasteiger partial charge on any atom is 0.306 e. The summed E-state index contributed by atoms with van der Waals surface area (Å²) in [7, 11) is 0. The third-order valence-corrected chi connectivity index (χ3v) is 8.63. The highest BCUT2D eigenvalue weighted by atomic mass is 16.7. The number of hydrogen-bond acceptors (Lipinski definition) is 15. The topological polar surface area (TPSA) is 231 Å². The Morgan fingerprint density at radius 1 is 0.635 bits per heavy atom. The normalized spacial score (nSPS) is 30.3. The number of ether oxygens (including phenoxy) is 6. The smallest absolute Gasteiger partial charge is 0.306 e. The van der Waals surface area contributed by atoms with Gasteiger partial charge in [0.05, 0.1) is 19.8 Å². The lowest BCUT2D eigenvalue weighted by atomic mass is 9.98. The average Bonchev–Trinajstić information content (AvgIpc) is 3.13. The van der Waals surface area contributed by atoms with E-state index in [0.717, 1.165) is 51.4 Å². The zero-order valence-corrected chi connectivity index (χ0v) is 30.5. The number of aliphatic hydroxyl groups excluding tert-OH is 7. The van der Waals surface area contributed by atoms with Crippen molar-refractivity contribution >= 4 is 11.9 Å². The molecule has 2 aliphatic heterocycles. The Hall–Kier alpha value is -2.28. The molecule has 0 aromatic heterocycles. The van der Waals surface area contributed by atoms with Crippen LogP contribution in [0.4, 0.5) is 0 Å². The van der Waals surface area contributed by atoms with Gasteiger partial charge in [-0.15, -0.1) is 0 Å². The first-order valence-corrected chi connectivity index (χ1v) is 18.6. The van der Waals surface area contributed by atoms with Crippen LogP contribution < -0.4 is 0 Å². The Labute approximate surface area is 306 Å². The van der Waals surface area contributed by atoms with E-state index in [1.807, 2.05) is 6.92 Å². The predicted octanol–water partition coefficient (Wildman–Crippen LogP) is 1.47. The first kappa shape index (κ1) is 45.9. The van der Waals surface area contributed by atoms with Gasteiger partial charge in [-0.1, -0.05) is 69.6 Å². The minimum Gasteiger partial charge on any atom is -0.462 e. The molecule has 0 bridgehead atoms. The molecular formula is C37H62O15. The second kappa shape index (κ2) is 26.5. The number of allylic oxidation sites excluding steroid dienone is 6. The Morgan fingerprint density at radius 2 is 1.21 bits per heavy atom. The lowest BCUT2D eigenvalue weighted by Crippen LogP contribution is -2.61. The lowest BCUT2D eigenvalue weighted by molar-refractivity contribution is -0.332. The molecule has 7 N–H and O–H groups in total. The van der Waals surface area contributed by atoms with E-state index in [9.17, 15) is 45.3 Å². The summed E-state index contributed by atoms with van der Waals surface area (Å²) in [4.78, 5) is 25.0. The van der Waals surface area contributed by atoms with Gasteiger partial charge in [0, 0.05) is 12.8 Å². The molecule has 52 heavy (non-hydrogen) atoms. The largest absolute Gasteiger partial charge is 0.462 e. The van der Waals surface area contributed by atoms with Crippen LogP contribution in [0.2, 0.25) is 0 Å². The van der Waals surface area contributed by atoms with Crippen LogP contribution in [0, 0.1) is 0 Å². The predicted molar refractivity (Wildman–Crippen MR) is 187 cm³/mol. The summed E-state index contributed by atoms with van der Waals surface area (Å²) in [6.07, 6.45) is 4.63. The van der Waals surface area contributed by atoms with E-state index >= 15 is 0 Å². The number of carbonyl (C=O) groups excluding carboxylic acids is 2. The van der Waals surface area contributed by atoms with E-state index in [-0.39, 0.29) is 19.4 Å². The standard InChI is InChI=1S/C37H62O15/c1-3-5-7-8-9-10-11-12-13-14-15-16-18-20-29(40)50-25(22-47-28(39)19-17-6-4-2)23-48-36-35(46)33(44)31(42)27(52-36)24-49-37-34(45)32(43)30(41)26(21-38)51-37/h5,7,9-10,12-13,25-27,30-38,41-46H,3-4,6,8,11,14-24H2,1-2H3/b7-5-,10-9-,13-12-. The van der Waals surface area contributed by atoms with Gasteiger partial charge in [0.1, 0.15) is 55.4 Å². The van der Waals surface area contributed by atoms with Crippen LogP contribution in [-0.4, -0.2) is 142 Å². The highest BCUT2D eigenvalue weighted by Gasteiger charge is 2.47. The van der Waals surface area contributed by atoms with E-state index < -0.39 is 99.3 Å². The van der Waals surface area contributed by atoms with Crippen LogP contribution in [0.3, 0.4) is 0 Å². The molecule has 300 valence electrons. The molecule has 0 aromatic rings. The molecule has 0 aliphatic carbocycles. The van der Waals surface area contributed by atoms with Gasteiger partial charge < -0.3 is 64.2 Å². The van der Waals surface area contributed by atoms with Crippen molar-refractivity contribution in [1.29, 1.82) is 0 Å². The van der Waals surface area contributed by atoms with Gasteiger partial charge in [0.25, 0.3) is 0 Å². The van der Waals surface area contributed by atoms with E-state index in [4.69, 9.17) is 28.4 Å². The molecule has 2 rings (SSSR count). The summed E-state index contributed by atoms with van der Waals surface area (Å²) in [5.41, 5.74) is 0. The average molecular weight is 747 g/mol. The molecule has 0 amide bonds. The van der Waals surface area contributed by atoms with Crippen molar-refractivity contribution in [2.75, 3.05) is 26.4 Å². The minimum atomic E-state index is -1.76. The number of aliphatic hydroxyl groups is 7. The fraction of sp³-hybridized carbons (Fsp3) is 0.784. The Morgan fingerprint density at radius 3 is 1.87 bits per heavy atom. The molecule has 0 aromatic carbocycles. The van der Waals surface area contributed by atoms with E-state index in [2.05, 4.69) is 43.4 Å². The molecule has 15 nitrogen and oxygen atoms in total. The lowest BCUT2D eigenvalue weighted by Gasteiger charge is -2.42. The Bertz CT molecular complexity index is 1070. The molecule has 2 saturated heterocycles. The summed E-state index contributed by atoms with van der Waals surface area (Å²) >= 11 is 0. The van der Waals surface area contributed by atoms with Gasteiger partial charge in [-0.3, -0.25) is 9.59 Å². The van der Waals surface area contributed by atoms with Crippen LogP contribution in [0.15, 0.2) is 36.5 Å². The zero-order chi connectivity index (χ0) is 38.3. The molecule has 0 spiro atoms. The van der Waals surface area contributed by atoms with Crippen molar-refractivity contribution < 1.29 is 73.8 Å². The van der Waals surface area contributed by atoms with E-state index in [0.29, 0.717) is 12.8 Å². The Balaban J connectivity index is 1.89. The second-order valence-electron chi connectivity index (χ2n) is 13.0. The number of hydrogen-bond donors (Lipinski definition) is 7. The monoisotopic (exact) mass is 746 g/mol. The molecule has 2 fully saturated rings. The van der Waals surface area contributed by atoms with Crippen LogP contribution in [0.1, 0.15) is 90.9 Å². The molecule has 0 saturated carbocycles. The van der Waals surface area contributed by atoms with Crippen LogP contribution in [0.5, 0.6) is 0 Å². The van der Waals surface area contributed by atoms with Crippen molar-refractivity contribution in [3.8, 4) is 0 Å². The zero-order valence-electron chi connectivity index (χ0n) is 30.5. The van der Waals surface area contributed by atoms with Crippen molar-refractivity contribution in [3.63, 3.8) is 0 Å². The highest BCUT2D eigenvalue weighted by molar-refractivity contribution is 5.70. The van der Waals surface area contributed by atoms with Gasteiger partial charge in [-0.25, -0.2) is 0 Å². The first-order chi connectivity index (χ1) is 25.0. The van der Waals surface area contributed by atoms with Gasteiger partial charge in [-0.2, -0.15) is 0 Å². The SMILES string of the molecule is CC/C=C\C/C=C\C/C=C\CCCCCC(=O)OC(COC(=O)CCCCC)COC1OC(COC2OC(CO)C(O)C(O)C2O)C(O)C(O)C1O. The number of rotatable bonds is 25. The minimum absolute atomic E-state index is 0.128. The maximum absolute atomic E-state index is 12.7. The van der Waals surface area contributed by atoms with Crippen LogP contribution in [-0.2, 0) is 38.0 Å². The van der Waals surface area contributed by atoms with Gasteiger partial charge in [0.15, 0.2) is 18.7 Å². The molecule has 0 radical (unpaired) electrons. The van der Waals surface area contributed by atoms with Crippen LogP contribution >= 0.6 is 0 Å². The summed E-state index contributed by atoms with van der Waals surface area (Å²) < 4.78 is 32.9. The van der Waals surface area contributed by atoms with Gasteiger partial charge in [-0.05, 0) is 44.9 Å². The second-order valence-corrected chi connectivity index (χ2v) is 13.0. The van der Waals surface area contributed by atoms with Crippen molar-refractivity contribution in [2.24, 2.45) is 0 Å².